The molecule has 0 aromatic heterocycles. The van der Waals surface area contributed by atoms with Gasteiger partial charge in [0.15, 0.2) is 17.5 Å². The van der Waals surface area contributed by atoms with Crippen LogP contribution in [0.2, 0.25) is 0 Å². The van der Waals surface area contributed by atoms with E-state index in [9.17, 15) is 22.4 Å². The summed E-state index contributed by atoms with van der Waals surface area (Å²) in [6.45, 7) is 1.80. The molecule has 1 fully saturated rings. The SMILES string of the molecule is O=C(NCC(c1ccc(F)cc1)N1CCCC1)c1ccc(F)c(F)c1F. The first-order valence-corrected chi connectivity index (χ1v) is 8.38. The molecule has 1 unspecified atom stereocenters. The van der Waals surface area contributed by atoms with E-state index < -0.39 is 28.9 Å². The maximum absolute atomic E-state index is 13.8. The zero-order chi connectivity index (χ0) is 18.7. The molecule has 0 bridgehead atoms. The fourth-order valence-corrected chi connectivity index (χ4v) is 3.18. The van der Waals surface area contributed by atoms with Crippen molar-refractivity contribution in [1.82, 2.24) is 10.2 Å². The van der Waals surface area contributed by atoms with Crippen LogP contribution in [0.15, 0.2) is 36.4 Å². The first-order chi connectivity index (χ1) is 12.5. The number of halogens is 4. The number of hydrogen-bond acceptors (Lipinski definition) is 2. The van der Waals surface area contributed by atoms with E-state index in [4.69, 9.17) is 0 Å². The number of hydrogen-bond donors (Lipinski definition) is 1. The van der Waals surface area contributed by atoms with Gasteiger partial charge in [-0.05, 0) is 55.8 Å². The van der Waals surface area contributed by atoms with Gasteiger partial charge in [-0.3, -0.25) is 9.69 Å². The molecule has 1 aliphatic heterocycles. The highest BCUT2D eigenvalue weighted by Gasteiger charge is 2.25. The zero-order valence-corrected chi connectivity index (χ0v) is 13.9. The predicted octanol–water partition coefficient (Wildman–Crippen LogP) is 3.81. The largest absolute Gasteiger partial charge is 0.350 e. The van der Waals surface area contributed by atoms with E-state index in [0.717, 1.165) is 37.6 Å². The second-order valence-electron chi connectivity index (χ2n) is 6.24. The molecule has 0 saturated carbocycles. The molecule has 7 heteroatoms. The topological polar surface area (TPSA) is 32.3 Å². The molecule has 1 N–H and O–H groups in total. The van der Waals surface area contributed by atoms with Gasteiger partial charge in [-0.2, -0.15) is 0 Å². The van der Waals surface area contributed by atoms with Gasteiger partial charge in [0.05, 0.1) is 11.6 Å². The third kappa shape index (κ3) is 3.88. The molecule has 1 saturated heterocycles. The summed E-state index contributed by atoms with van der Waals surface area (Å²) in [6, 6.07) is 7.38. The molecule has 0 spiro atoms. The van der Waals surface area contributed by atoms with Gasteiger partial charge in [0.25, 0.3) is 5.91 Å². The van der Waals surface area contributed by atoms with Crippen molar-refractivity contribution < 1.29 is 22.4 Å². The molecule has 3 rings (SSSR count). The second kappa shape index (κ2) is 7.86. The van der Waals surface area contributed by atoms with Crippen LogP contribution in [-0.4, -0.2) is 30.4 Å². The Morgan fingerprint density at radius 3 is 2.27 bits per heavy atom. The second-order valence-corrected chi connectivity index (χ2v) is 6.24. The van der Waals surface area contributed by atoms with E-state index in [2.05, 4.69) is 10.2 Å². The van der Waals surface area contributed by atoms with Crippen LogP contribution in [-0.2, 0) is 0 Å². The quantitative estimate of drug-likeness (QED) is 0.645. The minimum atomic E-state index is -1.67. The molecule has 0 radical (unpaired) electrons. The Balaban J connectivity index is 1.76. The Bertz CT molecular complexity index is 789. The van der Waals surface area contributed by atoms with Crippen LogP contribution in [0.3, 0.4) is 0 Å². The minimum absolute atomic E-state index is 0.142. The number of benzene rings is 2. The van der Waals surface area contributed by atoms with Gasteiger partial charge >= 0.3 is 0 Å². The standard InChI is InChI=1S/C19H18F4N2O/c20-13-5-3-12(4-6-13)16(25-9-1-2-10-25)11-24-19(26)14-7-8-15(21)18(23)17(14)22/h3-8,16H,1-2,9-11H2,(H,24,26). The van der Waals surface area contributed by atoms with Crippen LogP contribution >= 0.6 is 0 Å². The molecular weight excluding hydrogens is 348 g/mol. The minimum Gasteiger partial charge on any atom is -0.350 e. The lowest BCUT2D eigenvalue weighted by Crippen LogP contribution is -2.37. The van der Waals surface area contributed by atoms with E-state index >= 15 is 0 Å². The normalized spacial score (nSPS) is 15.8. The highest BCUT2D eigenvalue weighted by Crippen LogP contribution is 2.25. The molecule has 3 nitrogen and oxygen atoms in total. The summed E-state index contributed by atoms with van der Waals surface area (Å²) in [7, 11) is 0. The summed E-state index contributed by atoms with van der Waals surface area (Å²) in [5.41, 5.74) is 0.266. The van der Waals surface area contributed by atoms with Crippen LogP contribution in [0.25, 0.3) is 0 Å². The number of nitrogens with one attached hydrogen (secondary N) is 1. The first kappa shape index (κ1) is 18.4. The van der Waals surface area contributed by atoms with Gasteiger partial charge in [-0.1, -0.05) is 12.1 Å². The Hall–Kier alpha value is -2.41. The number of nitrogens with zero attached hydrogens (tertiary/aromatic N) is 1. The summed E-state index contributed by atoms with van der Waals surface area (Å²) in [5, 5.41) is 2.57. The average molecular weight is 366 g/mol. The van der Waals surface area contributed by atoms with E-state index in [1.54, 1.807) is 12.1 Å². The molecule has 1 aliphatic rings. The molecule has 2 aromatic carbocycles. The van der Waals surface area contributed by atoms with Gasteiger partial charge < -0.3 is 5.32 Å². The Morgan fingerprint density at radius 1 is 0.962 bits per heavy atom. The lowest BCUT2D eigenvalue weighted by atomic mass is 10.0. The number of carbonyl (C=O) groups excluding carboxylic acids is 1. The van der Waals surface area contributed by atoms with Crippen molar-refractivity contribution in [1.29, 1.82) is 0 Å². The van der Waals surface area contributed by atoms with Crippen LogP contribution in [0.4, 0.5) is 17.6 Å². The van der Waals surface area contributed by atoms with Crippen molar-refractivity contribution >= 4 is 5.91 Å². The smallest absolute Gasteiger partial charge is 0.254 e. The van der Waals surface area contributed by atoms with E-state index in [-0.39, 0.29) is 18.4 Å². The first-order valence-electron chi connectivity index (χ1n) is 8.38. The average Bonchev–Trinajstić information content (AvgIpc) is 3.15. The predicted molar refractivity (Wildman–Crippen MR) is 88.6 cm³/mol. The molecule has 1 atom stereocenters. The lowest BCUT2D eigenvalue weighted by Gasteiger charge is -2.28. The summed E-state index contributed by atoms with van der Waals surface area (Å²) >= 11 is 0. The molecule has 138 valence electrons. The molecule has 1 heterocycles. The fourth-order valence-electron chi connectivity index (χ4n) is 3.18. The Morgan fingerprint density at radius 2 is 1.62 bits per heavy atom. The molecule has 0 aliphatic carbocycles. The highest BCUT2D eigenvalue weighted by molar-refractivity contribution is 5.94. The van der Waals surface area contributed by atoms with Crippen molar-refractivity contribution in [2.24, 2.45) is 0 Å². The third-order valence-corrected chi connectivity index (χ3v) is 4.57. The Labute approximate surface area is 148 Å². The summed E-state index contributed by atoms with van der Waals surface area (Å²) in [5.74, 6) is -5.72. The van der Waals surface area contributed by atoms with Gasteiger partial charge in [0.1, 0.15) is 5.82 Å². The van der Waals surface area contributed by atoms with Crippen molar-refractivity contribution in [3.05, 3.63) is 70.8 Å². The summed E-state index contributed by atoms with van der Waals surface area (Å²) in [4.78, 5) is 14.4. The monoisotopic (exact) mass is 366 g/mol. The van der Waals surface area contributed by atoms with Crippen LogP contribution < -0.4 is 5.32 Å². The molecule has 2 aromatic rings. The van der Waals surface area contributed by atoms with Crippen molar-refractivity contribution in [2.45, 2.75) is 18.9 Å². The zero-order valence-electron chi connectivity index (χ0n) is 13.9. The van der Waals surface area contributed by atoms with Crippen LogP contribution in [0.1, 0.15) is 34.8 Å². The highest BCUT2D eigenvalue weighted by atomic mass is 19.2. The van der Waals surface area contributed by atoms with Crippen LogP contribution in [0, 0.1) is 23.3 Å². The van der Waals surface area contributed by atoms with E-state index in [1.165, 1.54) is 12.1 Å². The number of likely N-dealkylation sites (tertiary alicyclic amines) is 1. The van der Waals surface area contributed by atoms with Gasteiger partial charge in [0, 0.05) is 6.54 Å². The van der Waals surface area contributed by atoms with Crippen molar-refractivity contribution in [2.75, 3.05) is 19.6 Å². The lowest BCUT2D eigenvalue weighted by molar-refractivity contribution is 0.0932. The fraction of sp³-hybridized carbons (Fsp3) is 0.316. The van der Waals surface area contributed by atoms with Crippen LogP contribution in [0.5, 0.6) is 0 Å². The summed E-state index contributed by atoms with van der Waals surface area (Å²) in [6.07, 6.45) is 2.03. The maximum atomic E-state index is 13.8. The van der Waals surface area contributed by atoms with Gasteiger partial charge in [0.2, 0.25) is 0 Å². The van der Waals surface area contributed by atoms with E-state index in [1.807, 2.05) is 0 Å². The van der Waals surface area contributed by atoms with Gasteiger partial charge in [-0.15, -0.1) is 0 Å². The molecule has 26 heavy (non-hydrogen) atoms. The maximum Gasteiger partial charge on any atom is 0.254 e. The number of carbonyl (C=O) groups is 1. The molecule has 1 amide bonds. The van der Waals surface area contributed by atoms with Gasteiger partial charge in [-0.25, -0.2) is 17.6 Å². The molecular formula is C19H18F4N2O. The van der Waals surface area contributed by atoms with Crippen molar-refractivity contribution in [3.63, 3.8) is 0 Å². The van der Waals surface area contributed by atoms with E-state index in [0.29, 0.717) is 6.07 Å². The Kier molecular flexibility index (Phi) is 5.56. The number of amides is 1. The third-order valence-electron chi connectivity index (χ3n) is 4.57. The number of rotatable bonds is 5. The summed E-state index contributed by atoms with van der Waals surface area (Å²) < 4.78 is 53.3. The van der Waals surface area contributed by atoms with Crippen molar-refractivity contribution in [3.8, 4) is 0 Å².